The third-order valence-electron chi connectivity index (χ3n) is 2.85. The van der Waals surface area contributed by atoms with Gasteiger partial charge >= 0.3 is 5.97 Å². The molecule has 0 aromatic heterocycles. The Morgan fingerprint density at radius 1 is 1.40 bits per heavy atom. The predicted molar refractivity (Wildman–Crippen MR) is 61.5 cm³/mol. The summed E-state index contributed by atoms with van der Waals surface area (Å²) in [5.74, 6) is 0.304. The second kappa shape index (κ2) is 6.44. The van der Waals surface area contributed by atoms with Crippen molar-refractivity contribution >= 4 is 5.97 Å². The minimum absolute atomic E-state index is 0.0548. The van der Waals surface area contributed by atoms with Gasteiger partial charge in [-0.15, -0.1) is 0 Å². The Kier molecular flexibility index (Phi) is 5.16. The molecule has 0 aromatic carbocycles. The normalized spacial score (nSPS) is 20.1. The summed E-state index contributed by atoms with van der Waals surface area (Å²) < 4.78 is 5.32. The van der Waals surface area contributed by atoms with E-state index in [1.54, 1.807) is 6.08 Å². The van der Waals surface area contributed by atoms with E-state index >= 15 is 0 Å². The molecule has 1 aliphatic carbocycles. The zero-order valence-electron chi connectivity index (χ0n) is 9.45. The van der Waals surface area contributed by atoms with Crippen molar-refractivity contribution < 1.29 is 9.53 Å². The van der Waals surface area contributed by atoms with Crippen molar-refractivity contribution in [3.05, 3.63) is 24.8 Å². The second-order valence-electron chi connectivity index (χ2n) is 4.09. The van der Waals surface area contributed by atoms with Gasteiger partial charge in [0.1, 0.15) is 6.10 Å². The van der Waals surface area contributed by atoms with Gasteiger partial charge in [-0.25, -0.2) is 0 Å². The van der Waals surface area contributed by atoms with E-state index < -0.39 is 0 Å². The lowest BCUT2D eigenvalue weighted by atomic mass is 9.85. The van der Waals surface area contributed by atoms with E-state index in [0.29, 0.717) is 5.92 Å². The van der Waals surface area contributed by atoms with Gasteiger partial charge in [-0.3, -0.25) is 4.79 Å². The third kappa shape index (κ3) is 4.32. The largest absolute Gasteiger partial charge is 0.458 e. The Morgan fingerprint density at radius 3 is 2.60 bits per heavy atom. The van der Waals surface area contributed by atoms with Gasteiger partial charge < -0.3 is 4.74 Å². The minimum Gasteiger partial charge on any atom is -0.458 e. The average Bonchev–Trinajstić information content (AvgIpc) is 2.25. The Balaban J connectivity index is 2.56. The molecule has 1 fully saturated rings. The molecular formula is C13H20O2. The molecule has 0 heterocycles. The number of allylic oxidation sites excluding steroid dienone is 2. The highest BCUT2D eigenvalue weighted by Gasteiger charge is 2.23. The number of esters is 1. The molecule has 1 aliphatic rings. The van der Waals surface area contributed by atoms with Gasteiger partial charge in [-0.2, -0.15) is 0 Å². The van der Waals surface area contributed by atoms with Crippen molar-refractivity contribution in [3.8, 4) is 0 Å². The highest BCUT2D eigenvalue weighted by Crippen LogP contribution is 2.28. The number of carbonyl (C=O) groups is 1. The molecule has 0 bridgehead atoms. The average molecular weight is 208 g/mol. The van der Waals surface area contributed by atoms with Crippen molar-refractivity contribution in [2.24, 2.45) is 5.92 Å². The first kappa shape index (κ1) is 12.0. The van der Waals surface area contributed by atoms with Gasteiger partial charge in [0.2, 0.25) is 0 Å². The molecule has 2 heteroatoms. The Labute approximate surface area is 92.0 Å². The standard InChI is InChI=1S/C13H20O2/c1-3-4-10-13(15-11(2)14)12-8-6-5-7-9-12/h3-4,10,12-13H,1,5-9H2,2H3/b10-4+/t13-/m0/s1. The summed E-state index contributed by atoms with van der Waals surface area (Å²) in [4.78, 5) is 11.0. The topological polar surface area (TPSA) is 26.3 Å². The Hall–Kier alpha value is -1.05. The first-order valence-corrected chi connectivity index (χ1v) is 5.70. The van der Waals surface area contributed by atoms with E-state index in [1.165, 1.54) is 39.0 Å². The molecule has 2 nitrogen and oxygen atoms in total. The quantitative estimate of drug-likeness (QED) is 0.523. The van der Waals surface area contributed by atoms with Crippen LogP contribution < -0.4 is 0 Å². The number of hydrogen-bond donors (Lipinski definition) is 0. The fourth-order valence-electron chi connectivity index (χ4n) is 2.14. The van der Waals surface area contributed by atoms with Crippen molar-refractivity contribution in [2.45, 2.75) is 45.1 Å². The molecule has 0 amide bonds. The maximum Gasteiger partial charge on any atom is 0.303 e. The Bertz CT molecular complexity index is 237. The molecule has 1 saturated carbocycles. The number of ether oxygens (including phenoxy) is 1. The molecule has 84 valence electrons. The lowest BCUT2D eigenvalue weighted by Crippen LogP contribution is -2.26. The maximum atomic E-state index is 11.0. The molecular weight excluding hydrogens is 188 g/mol. The molecule has 15 heavy (non-hydrogen) atoms. The van der Waals surface area contributed by atoms with E-state index in [9.17, 15) is 4.79 Å². The van der Waals surface area contributed by atoms with Crippen LogP contribution in [0.4, 0.5) is 0 Å². The molecule has 1 rings (SSSR count). The molecule has 0 aromatic rings. The van der Waals surface area contributed by atoms with Gasteiger partial charge in [0.25, 0.3) is 0 Å². The van der Waals surface area contributed by atoms with Gasteiger partial charge in [0.15, 0.2) is 0 Å². The summed E-state index contributed by atoms with van der Waals surface area (Å²) in [5, 5.41) is 0. The number of hydrogen-bond acceptors (Lipinski definition) is 2. The SMILES string of the molecule is C=C/C=C/[C@H](OC(C)=O)C1CCCCC1. The number of rotatable bonds is 4. The van der Waals surface area contributed by atoms with Crippen LogP contribution in [0.3, 0.4) is 0 Å². The zero-order valence-corrected chi connectivity index (χ0v) is 9.45. The smallest absolute Gasteiger partial charge is 0.303 e. The van der Waals surface area contributed by atoms with E-state index in [4.69, 9.17) is 4.74 Å². The summed E-state index contributed by atoms with van der Waals surface area (Å²) >= 11 is 0. The summed E-state index contributed by atoms with van der Waals surface area (Å²) in [6.45, 7) is 5.10. The molecule has 0 unspecified atom stereocenters. The maximum absolute atomic E-state index is 11.0. The highest BCUT2D eigenvalue weighted by molar-refractivity contribution is 5.66. The predicted octanol–water partition coefficient (Wildman–Crippen LogP) is 3.24. The van der Waals surface area contributed by atoms with E-state index in [-0.39, 0.29) is 12.1 Å². The van der Waals surface area contributed by atoms with Crippen molar-refractivity contribution in [2.75, 3.05) is 0 Å². The molecule has 0 radical (unpaired) electrons. The molecule has 0 saturated heterocycles. The summed E-state index contributed by atoms with van der Waals surface area (Å²) in [7, 11) is 0. The summed E-state index contributed by atoms with van der Waals surface area (Å²) in [6.07, 6.45) is 11.6. The first-order chi connectivity index (χ1) is 7.24. The van der Waals surface area contributed by atoms with Crippen molar-refractivity contribution in [1.82, 2.24) is 0 Å². The van der Waals surface area contributed by atoms with E-state index in [2.05, 4.69) is 6.58 Å². The lowest BCUT2D eigenvalue weighted by Gasteiger charge is -2.27. The summed E-state index contributed by atoms with van der Waals surface area (Å²) in [6, 6.07) is 0. The lowest BCUT2D eigenvalue weighted by molar-refractivity contribution is -0.146. The molecule has 0 N–H and O–H groups in total. The zero-order chi connectivity index (χ0) is 11.1. The molecule has 1 atom stereocenters. The summed E-state index contributed by atoms with van der Waals surface area (Å²) in [5.41, 5.74) is 0. The van der Waals surface area contributed by atoms with Gasteiger partial charge in [-0.1, -0.05) is 38.0 Å². The third-order valence-corrected chi connectivity index (χ3v) is 2.85. The second-order valence-corrected chi connectivity index (χ2v) is 4.09. The van der Waals surface area contributed by atoms with Gasteiger partial charge in [-0.05, 0) is 24.8 Å². The van der Waals surface area contributed by atoms with E-state index in [0.717, 1.165) is 0 Å². The van der Waals surface area contributed by atoms with Crippen LogP contribution in [0, 0.1) is 5.92 Å². The van der Waals surface area contributed by atoms with Gasteiger partial charge in [0.05, 0.1) is 0 Å². The van der Waals surface area contributed by atoms with Crippen molar-refractivity contribution in [3.63, 3.8) is 0 Å². The van der Waals surface area contributed by atoms with Crippen LogP contribution in [-0.2, 0) is 9.53 Å². The Morgan fingerprint density at radius 2 is 2.07 bits per heavy atom. The molecule has 0 aliphatic heterocycles. The minimum atomic E-state index is -0.195. The fraction of sp³-hybridized carbons (Fsp3) is 0.615. The highest BCUT2D eigenvalue weighted by atomic mass is 16.5. The van der Waals surface area contributed by atoms with Crippen molar-refractivity contribution in [1.29, 1.82) is 0 Å². The first-order valence-electron chi connectivity index (χ1n) is 5.70. The van der Waals surface area contributed by atoms with Crippen LogP contribution in [0.25, 0.3) is 0 Å². The number of carbonyl (C=O) groups excluding carboxylic acids is 1. The van der Waals surface area contributed by atoms with Crippen LogP contribution >= 0.6 is 0 Å². The van der Waals surface area contributed by atoms with Crippen LogP contribution in [0.5, 0.6) is 0 Å². The van der Waals surface area contributed by atoms with Crippen LogP contribution in [0.1, 0.15) is 39.0 Å². The molecule has 0 spiro atoms. The van der Waals surface area contributed by atoms with Crippen LogP contribution in [-0.4, -0.2) is 12.1 Å². The van der Waals surface area contributed by atoms with E-state index in [1.807, 2.05) is 12.2 Å². The van der Waals surface area contributed by atoms with Gasteiger partial charge in [0, 0.05) is 6.92 Å². The van der Waals surface area contributed by atoms with Crippen LogP contribution in [0.2, 0.25) is 0 Å². The fourth-order valence-corrected chi connectivity index (χ4v) is 2.14. The van der Waals surface area contributed by atoms with Crippen LogP contribution in [0.15, 0.2) is 24.8 Å². The monoisotopic (exact) mass is 208 g/mol.